The minimum absolute atomic E-state index is 0.785. The molecule has 106 valence electrons. The van der Waals surface area contributed by atoms with Gasteiger partial charge in [0.2, 0.25) is 0 Å². The van der Waals surface area contributed by atoms with E-state index in [2.05, 4.69) is 31.9 Å². The monoisotopic (exact) mass is 442 g/mol. The van der Waals surface area contributed by atoms with Crippen LogP contribution in [0.3, 0.4) is 0 Å². The maximum Gasteiger partial charge on any atom is 0.0517 e. The van der Waals surface area contributed by atoms with Crippen LogP contribution in [0, 0.1) is 0 Å². The number of benzene rings is 2. The van der Waals surface area contributed by atoms with E-state index in [4.69, 9.17) is 23.2 Å². The minimum Gasteiger partial charge on any atom is -0.0834 e. The zero-order valence-corrected chi connectivity index (χ0v) is 15.5. The van der Waals surface area contributed by atoms with Crippen LogP contribution in [0.1, 0.15) is 17.5 Å². The molecule has 1 saturated carbocycles. The van der Waals surface area contributed by atoms with E-state index < -0.39 is 0 Å². The molecule has 2 aromatic carbocycles. The van der Waals surface area contributed by atoms with Gasteiger partial charge < -0.3 is 0 Å². The van der Waals surface area contributed by atoms with Gasteiger partial charge in [-0.3, -0.25) is 0 Å². The topological polar surface area (TPSA) is 0 Å². The quantitative estimate of drug-likeness (QED) is 0.458. The smallest absolute Gasteiger partial charge is 0.0517 e. The molecule has 4 heteroatoms. The van der Waals surface area contributed by atoms with Crippen LogP contribution in [0.15, 0.2) is 68.6 Å². The van der Waals surface area contributed by atoms with Crippen LogP contribution in [-0.4, -0.2) is 0 Å². The summed E-state index contributed by atoms with van der Waals surface area (Å²) in [5, 5.41) is 1.57. The molecule has 3 rings (SSSR count). The van der Waals surface area contributed by atoms with Crippen molar-refractivity contribution < 1.29 is 0 Å². The predicted molar refractivity (Wildman–Crippen MR) is 98.4 cm³/mol. The fourth-order valence-electron chi connectivity index (χ4n) is 2.09. The van der Waals surface area contributed by atoms with Gasteiger partial charge >= 0.3 is 0 Å². The van der Waals surface area contributed by atoms with Crippen molar-refractivity contribution in [1.29, 1.82) is 0 Å². The summed E-state index contributed by atoms with van der Waals surface area (Å²) in [6, 6.07) is 16.0. The first kappa shape index (κ1) is 15.4. The fourth-order valence-corrected chi connectivity index (χ4v) is 3.24. The molecule has 0 nitrogen and oxygen atoms in total. The summed E-state index contributed by atoms with van der Waals surface area (Å²) in [7, 11) is 0. The zero-order chi connectivity index (χ0) is 15.0. The summed E-state index contributed by atoms with van der Waals surface area (Å²) in [6.07, 6.45) is 0.851. The number of allylic oxidation sites excluding steroid dienone is 2. The van der Waals surface area contributed by atoms with Crippen LogP contribution in [-0.2, 0) is 0 Å². The number of hydrogen-bond donors (Lipinski definition) is 0. The van der Waals surface area contributed by atoms with Crippen LogP contribution in [0.4, 0.5) is 0 Å². The van der Waals surface area contributed by atoms with Crippen LogP contribution >= 0.6 is 55.1 Å². The van der Waals surface area contributed by atoms with Gasteiger partial charge in [-0.15, -0.1) is 0 Å². The van der Waals surface area contributed by atoms with Crippen LogP contribution in [0.5, 0.6) is 0 Å². The van der Waals surface area contributed by atoms with Gasteiger partial charge in [0.25, 0.3) is 0 Å². The molecule has 0 heterocycles. The lowest BCUT2D eigenvalue weighted by Crippen LogP contribution is -1.78. The highest BCUT2D eigenvalue weighted by molar-refractivity contribution is 9.10. The predicted octanol–water partition coefficient (Wildman–Crippen LogP) is 7.22. The average molecular weight is 445 g/mol. The van der Waals surface area contributed by atoms with Gasteiger partial charge in [0.05, 0.1) is 10.1 Å². The largest absolute Gasteiger partial charge is 0.0834 e. The van der Waals surface area contributed by atoms with E-state index in [1.807, 2.05) is 48.5 Å². The molecule has 0 aliphatic heterocycles. The number of rotatable bonds is 2. The third kappa shape index (κ3) is 3.45. The van der Waals surface area contributed by atoms with Crippen LogP contribution in [0.2, 0.25) is 0 Å². The Hall–Kier alpha value is -0.540. The molecule has 1 aliphatic rings. The normalized spacial score (nSPS) is 18.5. The fraction of sp³-hybridized carbons (Fsp3) is 0.0588. The second kappa shape index (κ2) is 6.29. The molecule has 0 unspecified atom stereocenters. The molecule has 1 aliphatic carbocycles. The maximum absolute atomic E-state index is 6.47. The summed E-state index contributed by atoms with van der Waals surface area (Å²) >= 11 is 19.8. The molecular weight excluding hydrogens is 435 g/mol. The SMILES string of the molecule is ClC(=C1CC1=C(Cl)c1ccc(Br)cc1)c1ccc(Br)cc1. The summed E-state index contributed by atoms with van der Waals surface area (Å²) in [5.41, 5.74) is 4.30. The van der Waals surface area contributed by atoms with Gasteiger partial charge in [0.15, 0.2) is 0 Å². The Kier molecular flexibility index (Phi) is 4.60. The van der Waals surface area contributed by atoms with E-state index in [1.165, 1.54) is 0 Å². The molecule has 0 atom stereocenters. The first-order chi connectivity index (χ1) is 10.1. The first-order valence-electron chi connectivity index (χ1n) is 6.36. The summed E-state index contributed by atoms with van der Waals surface area (Å²) in [5.74, 6) is 0. The maximum atomic E-state index is 6.47. The Morgan fingerprint density at radius 3 is 1.33 bits per heavy atom. The van der Waals surface area contributed by atoms with Gasteiger partial charge in [-0.05, 0) is 46.5 Å². The lowest BCUT2D eigenvalue weighted by Gasteiger charge is -2.00. The molecule has 1 fully saturated rings. The summed E-state index contributed by atoms with van der Waals surface area (Å²) in [4.78, 5) is 0. The lowest BCUT2D eigenvalue weighted by atomic mass is 10.2. The highest BCUT2D eigenvalue weighted by Gasteiger charge is 2.29. The highest BCUT2D eigenvalue weighted by Crippen LogP contribution is 2.49. The van der Waals surface area contributed by atoms with E-state index in [1.54, 1.807) is 0 Å². The standard InChI is InChI=1S/C17H10Br2Cl2/c18-12-5-1-10(2-6-12)16(20)14-9-15(14)17(21)11-3-7-13(19)8-4-11/h1-8H,9H2. The van der Waals surface area contributed by atoms with E-state index in [0.29, 0.717) is 0 Å². The van der Waals surface area contributed by atoms with Gasteiger partial charge in [-0.2, -0.15) is 0 Å². The average Bonchev–Trinajstić information content (AvgIpc) is 3.28. The molecule has 21 heavy (non-hydrogen) atoms. The molecule has 0 N–H and O–H groups in total. The Labute approximate surface area is 150 Å². The van der Waals surface area contributed by atoms with Crippen molar-refractivity contribution in [3.63, 3.8) is 0 Å². The van der Waals surface area contributed by atoms with Gasteiger partial charge in [-0.25, -0.2) is 0 Å². The zero-order valence-electron chi connectivity index (χ0n) is 10.8. The van der Waals surface area contributed by atoms with Gasteiger partial charge in [-0.1, -0.05) is 79.3 Å². The minimum atomic E-state index is 0.785. The van der Waals surface area contributed by atoms with Crippen LogP contribution in [0.25, 0.3) is 10.1 Å². The van der Waals surface area contributed by atoms with E-state index in [-0.39, 0.29) is 0 Å². The molecule has 2 aromatic rings. The summed E-state index contributed by atoms with van der Waals surface area (Å²) in [6.45, 7) is 0. The van der Waals surface area contributed by atoms with Crippen molar-refractivity contribution >= 4 is 65.1 Å². The molecule has 0 radical (unpaired) electrons. The number of hydrogen-bond acceptors (Lipinski definition) is 0. The Bertz CT molecular complexity index is 676. The Morgan fingerprint density at radius 2 is 1.00 bits per heavy atom. The first-order valence-corrected chi connectivity index (χ1v) is 8.70. The molecule has 0 amide bonds. The van der Waals surface area contributed by atoms with Crippen molar-refractivity contribution in [2.45, 2.75) is 6.42 Å². The molecule has 0 bridgehead atoms. The Morgan fingerprint density at radius 1 is 0.667 bits per heavy atom. The third-order valence-corrected chi connectivity index (χ3v) is 5.27. The second-order valence-corrected chi connectivity index (χ2v) is 7.36. The Balaban J connectivity index is 1.93. The van der Waals surface area contributed by atoms with Gasteiger partial charge in [0, 0.05) is 15.4 Å². The van der Waals surface area contributed by atoms with Gasteiger partial charge in [0.1, 0.15) is 0 Å². The molecule has 0 saturated heterocycles. The van der Waals surface area contributed by atoms with Crippen molar-refractivity contribution in [2.75, 3.05) is 0 Å². The van der Waals surface area contributed by atoms with Crippen molar-refractivity contribution in [3.05, 3.63) is 79.7 Å². The van der Waals surface area contributed by atoms with Crippen molar-refractivity contribution in [3.8, 4) is 0 Å². The van der Waals surface area contributed by atoms with E-state index in [9.17, 15) is 0 Å². The molecule has 0 aromatic heterocycles. The van der Waals surface area contributed by atoms with Crippen molar-refractivity contribution in [2.24, 2.45) is 0 Å². The number of halogens is 4. The highest BCUT2D eigenvalue weighted by atomic mass is 79.9. The molecular formula is C17H10Br2Cl2. The van der Waals surface area contributed by atoms with Crippen LogP contribution < -0.4 is 0 Å². The van der Waals surface area contributed by atoms with E-state index in [0.717, 1.165) is 47.7 Å². The lowest BCUT2D eigenvalue weighted by molar-refractivity contribution is 1.59. The second-order valence-electron chi connectivity index (χ2n) is 4.78. The third-order valence-electron chi connectivity index (χ3n) is 3.32. The van der Waals surface area contributed by atoms with Crippen molar-refractivity contribution in [1.82, 2.24) is 0 Å². The molecule has 0 spiro atoms. The summed E-state index contributed by atoms with van der Waals surface area (Å²) < 4.78 is 2.08. The van der Waals surface area contributed by atoms with E-state index >= 15 is 0 Å².